The fourth-order valence-electron chi connectivity index (χ4n) is 2.17. The van der Waals surface area contributed by atoms with Crippen molar-refractivity contribution < 1.29 is 9.53 Å². The van der Waals surface area contributed by atoms with Gasteiger partial charge in [0.15, 0.2) is 0 Å². The van der Waals surface area contributed by atoms with E-state index in [0.717, 1.165) is 5.56 Å². The van der Waals surface area contributed by atoms with Gasteiger partial charge in [-0.15, -0.1) is 0 Å². The zero-order valence-electron chi connectivity index (χ0n) is 11.9. The minimum atomic E-state index is -0.148. The molecule has 0 bridgehead atoms. The Morgan fingerprint density at radius 1 is 1.15 bits per heavy atom. The Kier molecular flexibility index (Phi) is 3.94. The number of amides is 1. The minimum absolute atomic E-state index is 0.148. The van der Waals surface area contributed by atoms with Crippen LogP contribution >= 0.6 is 0 Å². The van der Waals surface area contributed by atoms with Crippen LogP contribution in [-0.2, 0) is 0 Å². The van der Waals surface area contributed by atoms with Crippen molar-refractivity contribution >= 4 is 17.3 Å². The summed E-state index contributed by atoms with van der Waals surface area (Å²) in [7, 11) is 3.30. The quantitative estimate of drug-likeness (QED) is 0.872. The number of carbonyl (C=O) groups excluding carboxylic acids is 1. The standard InChI is InChI=1S/C16H18N2O2/c1-11-7-6-8-12(17)15(11)16(19)18(2)13-9-4-5-10-14(13)20-3/h4-10H,17H2,1-3H3. The SMILES string of the molecule is COc1ccccc1N(C)C(=O)c1c(C)cccc1N. The molecule has 2 N–H and O–H groups in total. The predicted octanol–water partition coefficient (Wildman–Crippen LogP) is 2.86. The summed E-state index contributed by atoms with van der Waals surface area (Å²) in [6.45, 7) is 1.87. The third kappa shape index (κ3) is 2.45. The van der Waals surface area contributed by atoms with Gasteiger partial charge in [-0.25, -0.2) is 0 Å². The van der Waals surface area contributed by atoms with Crippen LogP contribution < -0.4 is 15.4 Å². The van der Waals surface area contributed by atoms with E-state index in [1.807, 2.05) is 43.3 Å². The number of anilines is 2. The van der Waals surface area contributed by atoms with E-state index in [0.29, 0.717) is 22.7 Å². The van der Waals surface area contributed by atoms with E-state index < -0.39 is 0 Å². The average molecular weight is 270 g/mol. The molecule has 0 unspecified atom stereocenters. The van der Waals surface area contributed by atoms with Gasteiger partial charge in [0.25, 0.3) is 5.91 Å². The fraction of sp³-hybridized carbons (Fsp3) is 0.188. The highest BCUT2D eigenvalue weighted by Gasteiger charge is 2.20. The van der Waals surface area contributed by atoms with Gasteiger partial charge in [0.2, 0.25) is 0 Å². The molecule has 4 heteroatoms. The largest absolute Gasteiger partial charge is 0.495 e. The molecule has 4 nitrogen and oxygen atoms in total. The van der Waals surface area contributed by atoms with E-state index in [2.05, 4.69) is 0 Å². The number of methoxy groups -OCH3 is 1. The molecule has 0 fully saturated rings. The van der Waals surface area contributed by atoms with E-state index in [1.165, 1.54) is 0 Å². The zero-order chi connectivity index (χ0) is 14.7. The summed E-state index contributed by atoms with van der Waals surface area (Å²) in [5, 5.41) is 0. The lowest BCUT2D eigenvalue weighted by Crippen LogP contribution is -2.28. The summed E-state index contributed by atoms with van der Waals surface area (Å²) in [5.41, 5.74) is 8.51. The topological polar surface area (TPSA) is 55.6 Å². The molecule has 2 aromatic rings. The van der Waals surface area contributed by atoms with E-state index in [4.69, 9.17) is 10.5 Å². The molecule has 20 heavy (non-hydrogen) atoms. The summed E-state index contributed by atoms with van der Waals surface area (Å²) >= 11 is 0. The van der Waals surface area contributed by atoms with Crippen molar-refractivity contribution in [3.8, 4) is 5.75 Å². The maximum absolute atomic E-state index is 12.6. The smallest absolute Gasteiger partial charge is 0.260 e. The predicted molar refractivity (Wildman–Crippen MR) is 81.3 cm³/mol. The van der Waals surface area contributed by atoms with Crippen molar-refractivity contribution in [2.45, 2.75) is 6.92 Å². The van der Waals surface area contributed by atoms with E-state index in [1.54, 1.807) is 25.1 Å². The van der Waals surface area contributed by atoms with Crippen molar-refractivity contribution in [1.29, 1.82) is 0 Å². The third-order valence-electron chi connectivity index (χ3n) is 3.27. The average Bonchev–Trinajstić information content (AvgIpc) is 2.46. The van der Waals surface area contributed by atoms with Gasteiger partial charge in [0, 0.05) is 12.7 Å². The number of hydrogen-bond donors (Lipinski definition) is 1. The Bertz CT molecular complexity index is 618. The van der Waals surface area contributed by atoms with Crippen LogP contribution in [0.25, 0.3) is 0 Å². The van der Waals surface area contributed by atoms with Gasteiger partial charge in [0.1, 0.15) is 5.75 Å². The van der Waals surface area contributed by atoms with Crippen molar-refractivity contribution in [2.75, 3.05) is 24.8 Å². The van der Waals surface area contributed by atoms with Crippen molar-refractivity contribution in [1.82, 2.24) is 0 Å². The summed E-state index contributed by atoms with van der Waals surface area (Å²) < 4.78 is 5.29. The first-order valence-electron chi connectivity index (χ1n) is 6.32. The first-order chi connectivity index (χ1) is 9.56. The van der Waals surface area contributed by atoms with Crippen LogP contribution in [0.4, 0.5) is 11.4 Å². The molecule has 0 radical (unpaired) electrons. The van der Waals surface area contributed by atoms with Gasteiger partial charge >= 0.3 is 0 Å². The number of hydrogen-bond acceptors (Lipinski definition) is 3. The second-order valence-corrected chi connectivity index (χ2v) is 4.58. The van der Waals surface area contributed by atoms with Crippen LogP contribution in [0.5, 0.6) is 5.75 Å². The third-order valence-corrected chi connectivity index (χ3v) is 3.27. The highest BCUT2D eigenvalue weighted by molar-refractivity contribution is 6.10. The molecular formula is C16H18N2O2. The summed E-state index contributed by atoms with van der Waals surface area (Å²) in [4.78, 5) is 14.2. The number of nitrogen functional groups attached to an aromatic ring is 1. The maximum Gasteiger partial charge on any atom is 0.260 e. The molecule has 0 saturated carbocycles. The van der Waals surface area contributed by atoms with Crippen LogP contribution in [0.3, 0.4) is 0 Å². The molecule has 2 aromatic carbocycles. The fourth-order valence-corrected chi connectivity index (χ4v) is 2.17. The number of rotatable bonds is 3. The lowest BCUT2D eigenvalue weighted by atomic mass is 10.1. The normalized spacial score (nSPS) is 10.2. The molecule has 2 rings (SSSR count). The number of nitrogens with zero attached hydrogens (tertiary/aromatic N) is 1. The van der Waals surface area contributed by atoms with Crippen LogP contribution in [0, 0.1) is 6.92 Å². The lowest BCUT2D eigenvalue weighted by molar-refractivity contribution is 0.0992. The van der Waals surface area contributed by atoms with Crippen molar-refractivity contribution in [3.63, 3.8) is 0 Å². The molecule has 1 amide bonds. The first-order valence-corrected chi connectivity index (χ1v) is 6.32. The molecule has 0 aliphatic rings. The molecule has 0 aliphatic carbocycles. The van der Waals surface area contributed by atoms with Crippen LogP contribution in [0.15, 0.2) is 42.5 Å². The van der Waals surface area contributed by atoms with Crippen LogP contribution in [-0.4, -0.2) is 20.1 Å². The molecule has 0 spiro atoms. The summed E-state index contributed by atoms with van der Waals surface area (Å²) in [6, 6.07) is 12.8. The van der Waals surface area contributed by atoms with E-state index in [-0.39, 0.29) is 5.91 Å². The number of carbonyl (C=O) groups is 1. The molecule has 0 saturated heterocycles. The second kappa shape index (κ2) is 5.65. The second-order valence-electron chi connectivity index (χ2n) is 4.58. The Labute approximate surface area is 118 Å². The Morgan fingerprint density at radius 3 is 2.50 bits per heavy atom. The van der Waals surface area contributed by atoms with Gasteiger partial charge in [0.05, 0.1) is 18.4 Å². The molecule has 104 valence electrons. The summed E-state index contributed by atoms with van der Waals surface area (Å²) in [5.74, 6) is 0.501. The van der Waals surface area contributed by atoms with Crippen molar-refractivity contribution in [3.05, 3.63) is 53.6 Å². The van der Waals surface area contributed by atoms with Gasteiger partial charge in [-0.2, -0.15) is 0 Å². The Morgan fingerprint density at radius 2 is 1.85 bits per heavy atom. The Hall–Kier alpha value is -2.49. The molecular weight excluding hydrogens is 252 g/mol. The number of aryl methyl sites for hydroxylation is 1. The van der Waals surface area contributed by atoms with Gasteiger partial charge < -0.3 is 15.4 Å². The van der Waals surface area contributed by atoms with Gasteiger partial charge in [-0.3, -0.25) is 4.79 Å². The van der Waals surface area contributed by atoms with Gasteiger partial charge in [-0.1, -0.05) is 24.3 Å². The number of benzene rings is 2. The number of para-hydroxylation sites is 2. The number of nitrogens with two attached hydrogens (primary N) is 1. The monoisotopic (exact) mass is 270 g/mol. The zero-order valence-corrected chi connectivity index (χ0v) is 11.9. The molecule has 0 aromatic heterocycles. The minimum Gasteiger partial charge on any atom is -0.495 e. The first kappa shape index (κ1) is 13.9. The molecule has 0 aliphatic heterocycles. The van der Waals surface area contributed by atoms with E-state index >= 15 is 0 Å². The van der Waals surface area contributed by atoms with E-state index in [9.17, 15) is 4.79 Å². The molecule has 0 heterocycles. The lowest BCUT2D eigenvalue weighted by Gasteiger charge is -2.21. The maximum atomic E-state index is 12.6. The highest BCUT2D eigenvalue weighted by Crippen LogP contribution is 2.29. The summed E-state index contributed by atoms with van der Waals surface area (Å²) in [6.07, 6.45) is 0. The van der Waals surface area contributed by atoms with Crippen molar-refractivity contribution in [2.24, 2.45) is 0 Å². The Balaban J connectivity index is 2.43. The molecule has 0 atom stereocenters. The van der Waals surface area contributed by atoms with Gasteiger partial charge in [-0.05, 0) is 30.7 Å². The van der Waals surface area contributed by atoms with Crippen LogP contribution in [0.1, 0.15) is 15.9 Å². The van der Waals surface area contributed by atoms with Crippen LogP contribution in [0.2, 0.25) is 0 Å². The highest BCUT2D eigenvalue weighted by atomic mass is 16.5. The number of ether oxygens (including phenoxy) is 1.